The predicted octanol–water partition coefficient (Wildman–Crippen LogP) is 3.98. The molecule has 17 heavy (non-hydrogen) atoms. The Balaban J connectivity index is 2.68. The van der Waals surface area contributed by atoms with Gasteiger partial charge < -0.3 is 10.3 Å². The first-order valence-corrected chi connectivity index (χ1v) is 6.21. The lowest BCUT2D eigenvalue weighted by atomic mass is 9.88. The van der Waals surface area contributed by atoms with Gasteiger partial charge in [0.05, 0.1) is 5.56 Å². The van der Waals surface area contributed by atoms with Crippen LogP contribution in [0, 0.1) is 0 Å². The molecule has 0 amide bonds. The van der Waals surface area contributed by atoms with E-state index in [1.54, 1.807) is 0 Å². The molecule has 2 rings (SSSR count). The molecule has 3 nitrogen and oxygen atoms in total. The van der Waals surface area contributed by atoms with Crippen LogP contribution in [0.5, 0.6) is 0 Å². The molecule has 2 aromatic rings. The van der Waals surface area contributed by atoms with Crippen molar-refractivity contribution in [2.45, 2.75) is 26.2 Å². The Bertz CT molecular complexity index is 541. The summed E-state index contributed by atoms with van der Waals surface area (Å²) < 4.78 is 6.36. The molecule has 4 heteroatoms. The van der Waals surface area contributed by atoms with Gasteiger partial charge in [0.1, 0.15) is 0 Å². The van der Waals surface area contributed by atoms with Gasteiger partial charge in [-0.15, -0.1) is 0 Å². The van der Waals surface area contributed by atoms with Crippen LogP contribution >= 0.6 is 15.9 Å². The van der Waals surface area contributed by atoms with Crippen LogP contribution in [0.1, 0.15) is 26.5 Å². The van der Waals surface area contributed by atoms with Gasteiger partial charge in [0, 0.05) is 15.5 Å². The minimum atomic E-state index is -0.130. The summed E-state index contributed by atoms with van der Waals surface area (Å²) in [5, 5.41) is 3.88. The summed E-state index contributed by atoms with van der Waals surface area (Å²) in [5.41, 5.74) is 7.67. The van der Waals surface area contributed by atoms with Crippen LogP contribution in [0.4, 0.5) is 5.82 Å². The number of nitrogen functional groups attached to an aromatic ring is 1. The Labute approximate surface area is 109 Å². The fraction of sp³-hybridized carbons (Fsp3) is 0.308. The van der Waals surface area contributed by atoms with E-state index < -0.39 is 0 Å². The average Bonchev–Trinajstić information content (AvgIpc) is 2.60. The third-order valence-corrected chi connectivity index (χ3v) is 3.23. The Hall–Kier alpha value is -1.29. The molecule has 0 unspecified atom stereocenters. The minimum Gasteiger partial charge on any atom is -0.380 e. The zero-order valence-corrected chi connectivity index (χ0v) is 11.7. The third-order valence-electron chi connectivity index (χ3n) is 2.54. The summed E-state index contributed by atoms with van der Waals surface area (Å²) in [4.78, 5) is 0. The Morgan fingerprint density at radius 1 is 1.24 bits per heavy atom. The maximum atomic E-state index is 5.91. The van der Waals surface area contributed by atoms with E-state index in [9.17, 15) is 0 Å². The molecule has 1 aromatic carbocycles. The highest BCUT2D eigenvalue weighted by molar-refractivity contribution is 9.10. The van der Waals surface area contributed by atoms with E-state index in [2.05, 4.69) is 41.9 Å². The highest BCUT2D eigenvalue weighted by atomic mass is 79.9. The Morgan fingerprint density at radius 3 is 2.47 bits per heavy atom. The second kappa shape index (κ2) is 4.18. The quantitative estimate of drug-likeness (QED) is 0.865. The fourth-order valence-electron chi connectivity index (χ4n) is 1.74. The smallest absolute Gasteiger partial charge is 0.175 e. The molecular formula is C13H15BrN2O. The first-order chi connectivity index (χ1) is 7.91. The molecule has 0 bridgehead atoms. The number of halogens is 1. The average molecular weight is 295 g/mol. The van der Waals surface area contributed by atoms with Crippen molar-refractivity contribution in [2.75, 3.05) is 5.73 Å². The van der Waals surface area contributed by atoms with Crippen molar-refractivity contribution in [3.8, 4) is 11.1 Å². The summed E-state index contributed by atoms with van der Waals surface area (Å²) in [6.07, 6.45) is 0. The molecule has 0 spiro atoms. The first kappa shape index (κ1) is 12.2. The van der Waals surface area contributed by atoms with E-state index in [0.717, 1.165) is 21.4 Å². The highest BCUT2D eigenvalue weighted by Crippen LogP contribution is 2.39. The van der Waals surface area contributed by atoms with E-state index in [0.29, 0.717) is 5.82 Å². The van der Waals surface area contributed by atoms with Crippen LogP contribution in [0.15, 0.2) is 33.3 Å². The van der Waals surface area contributed by atoms with E-state index in [1.807, 2.05) is 24.3 Å². The van der Waals surface area contributed by atoms with Crippen molar-refractivity contribution in [1.82, 2.24) is 5.16 Å². The second-order valence-corrected chi connectivity index (χ2v) is 5.86. The number of aromatic nitrogens is 1. The van der Waals surface area contributed by atoms with Gasteiger partial charge in [0.25, 0.3) is 0 Å². The van der Waals surface area contributed by atoms with Crippen LogP contribution in [-0.4, -0.2) is 5.16 Å². The molecule has 0 aliphatic carbocycles. The first-order valence-electron chi connectivity index (χ1n) is 5.42. The summed E-state index contributed by atoms with van der Waals surface area (Å²) in [6, 6.07) is 7.92. The number of rotatable bonds is 1. The van der Waals surface area contributed by atoms with Gasteiger partial charge in [0.15, 0.2) is 11.6 Å². The minimum absolute atomic E-state index is 0.130. The topological polar surface area (TPSA) is 52.0 Å². The summed E-state index contributed by atoms with van der Waals surface area (Å²) in [7, 11) is 0. The molecule has 0 aliphatic rings. The second-order valence-electron chi connectivity index (χ2n) is 5.00. The predicted molar refractivity (Wildman–Crippen MR) is 72.8 cm³/mol. The molecule has 0 saturated heterocycles. The van der Waals surface area contributed by atoms with Crippen molar-refractivity contribution in [1.29, 1.82) is 0 Å². The van der Waals surface area contributed by atoms with Gasteiger partial charge in [-0.3, -0.25) is 0 Å². The lowest BCUT2D eigenvalue weighted by molar-refractivity contribution is 0.332. The number of hydrogen-bond donors (Lipinski definition) is 1. The summed E-state index contributed by atoms with van der Waals surface area (Å²) >= 11 is 3.53. The fourth-order valence-corrected chi connectivity index (χ4v) is 2.22. The molecule has 1 heterocycles. The maximum Gasteiger partial charge on any atom is 0.175 e. The Morgan fingerprint density at radius 2 is 1.88 bits per heavy atom. The van der Waals surface area contributed by atoms with E-state index >= 15 is 0 Å². The van der Waals surface area contributed by atoms with Gasteiger partial charge in [-0.1, -0.05) is 60.1 Å². The highest BCUT2D eigenvalue weighted by Gasteiger charge is 2.27. The normalized spacial score (nSPS) is 11.8. The van der Waals surface area contributed by atoms with Crippen molar-refractivity contribution < 1.29 is 4.52 Å². The molecule has 2 N–H and O–H groups in total. The summed E-state index contributed by atoms with van der Waals surface area (Å²) in [6.45, 7) is 6.23. The van der Waals surface area contributed by atoms with Crippen LogP contribution in [0.3, 0.4) is 0 Å². The zero-order chi connectivity index (χ0) is 12.6. The molecule has 0 fully saturated rings. The van der Waals surface area contributed by atoms with Crippen molar-refractivity contribution in [3.05, 3.63) is 34.5 Å². The lowest BCUT2D eigenvalue weighted by Gasteiger charge is -2.16. The van der Waals surface area contributed by atoms with Gasteiger partial charge in [0.2, 0.25) is 0 Å². The van der Waals surface area contributed by atoms with Gasteiger partial charge in [-0.05, 0) is 6.07 Å². The van der Waals surface area contributed by atoms with E-state index in [-0.39, 0.29) is 5.41 Å². The Kier molecular flexibility index (Phi) is 3.00. The largest absolute Gasteiger partial charge is 0.380 e. The van der Waals surface area contributed by atoms with E-state index in [4.69, 9.17) is 10.3 Å². The number of nitrogens with two attached hydrogens (primary N) is 1. The molecule has 90 valence electrons. The molecule has 0 saturated carbocycles. The SMILES string of the molecule is CC(C)(C)c1onc(N)c1-c1ccccc1Br. The zero-order valence-electron chi connectivity index (χ0n) is 10.1. The number of nitrogens with zero attached hydrogens (tertiary/aromatic N) is 1. The molecule has 0 atom stereocenters. The number of hydrogen-bond acceptors (Lipinski definition) is 3. The van der Waals surface area contributed by atoms with Crippen LogP contribution < -0.4 is 5.73 Å². The van der Waals surface area contributed by atoms with Crippen molar-refractivity contribution >= 4 is 21.7 Å². The number of benzene rings is 1. The van der Waals surface area contributed by atoms with Crippen molar-refractivity contribution in [3.63, 3.8) is 0 Å². The third kappa shape index (κ3) is 2.22. The van der Waals surface area contributed by atoms with Crippen LogP contribution in [0.25, 0.3) is 11.1 Å². The molecule has 0 aliphatic heterocycles. The molecule has 1 aromatic heterocycles. The van der Waals surface area contributed by atoms with Crippen LogP contribution in [-0.2, 0) is 5.41 Å². The van der Waals surface area contributed by atoms with Crippen molar-refractivity contribution in [2.24, 2.45) is 0 Å². The van der Waals surface area contributed by atoms with Crippen LogP contribution in [0.2, 0.25) is 0 Å². The van der Waals surface area contributed by atoms with Gasteiger partial charge >= 0.3 is 0 Å². The van der Waals surface area contributed by atoms with E-state index in [1.165, 1.54) is 0 Å². The van der Waals surface area contributed by atoms with Gasteiger partial charge in [-0.2, -0.15) is 0 Å². The van der Waals surface area contributed by atoms with Gasteiger partial charge in [-0.25, -0.2) is 0 Å². The maximum absolute atomic E-state index is 5.91. The number of anilines is 1. The molecule has 0 radical (unpaired) electrons. The molecular weight excluding hydrogens is 280 g/mol. The monoisotopic (exact) mass is 294 g/mol. The lowest BCUT2D eigenvalue weighted by Crippen LogP contribution is -2.11. The summed E-state index contributed by atoms with van der Waals surface area (Å²) in [5.74, 6) is 1.24. The standard InChI is InChI=1S/C13H15BrN2O/c1-13(2,3)11-10(12(15)16-17-11)8-6-4-5-7-9(8)14/h4-7H,1-3H3,(H2,15,16).